The highest BCUT2D eigenvalue weighted by molar-refractivity contribution is 5.76. The number of benzene rings is 2. The first-order valence-corrected chi connectivity index (χ1v) is 8.95. The van der Waals surface area contributed by atoms with Crippen LogP contribution in [0.4, 0.5) is 0 Å². The van der Waals surface area contributed by atoms with Crippen molar-refractivity contribution in [1.82, 2.24) is 5.32 Å². The highest BCUT2D eigenvalue weighted by atomic mass is 16.6. The Morgan fingerprint density at radius 1 is 1.12 bits per heavy atom. The molecule has 0 saturated heterocycles. The molecule has 0 aromatic heterocycles. The van der Waals surface area contributed by atoms with Crippen molar-refractivity contribution in [3.8, 4) is 17.2 Å². The van der Waals surface area contributed by atoms with Crippen LogP contribution in [0, 0.1) is 0 Å². The van der Waals surface area contributed by atoms with E-state index in [0.717, 1.165) is 29.2 Å². The number of carbonyl (C=O) groups is 1. The zero-order valence-corrected chi connectivity index (χ0v) is 15.3. The van der Waals surface area contributed by atoms with Crippen molar-refractivity contribution < 1.29 is 19.0 Å². The quantitative estimate of drug-likeness (QED) is 0.828. The Bertz CT molecular complexity index is 742. The number of ether oxygens (including phenoxy) is 3. The van der Waals surface area contributed by atoms with E-state index in [9.17, 15) is 4.79 Å². The smallest absolute Gasteiger partial charge is 0.220 e. The third kappa shape index (κ3) is 4.69. The summed E-state index contributed by atoms with van der Waals surface area (Å²) in [5.74, 6) is 2.55. The van der Waals surface area contributed by atoms with Crippen LogP contribution in [-0.2, 0) is 11.2 Å². The van der Waals surface area contributed by atoms with E-state index >= 15 is 0 Å². The molecule has 1 unspecified atom stereocenters. The second-order valence-electron chi connectivity index (χ2n) is 6.46. The van der Waals surface area contributed by atoms with Gasteiger partial charge in [0, 0.05) is 13.0 Å². The van der Waals surface area contributed by atoms with Crippen LogP contribution < -0.4 is 19.5 Å². The zero-order valence-electron chi connectivity index (χ0n) is 15.3. The molecule has 1 N–H and O–H groups in total. The van der Waals surface area contributed by atoms with E-state index < -0.39 is 0 Å². The summed E-state index contributed by atoms with van der Waals surface area (Å²) in [4.78, 5) is 12.2. The fourth-order valence-corrected chi connectivity index (χ4v) is 2.97. The summed E-state index contributed by atoms with van der Waals surface area (Å²) in [6.07, 6.45) is 1.25. The highest BCUT2D eigenvalue weighted by Gasteiger charge is 2.16. The monoisotopic (exact) mass is 355 g/mol. The van der Waals surface area contributed by atoms with Gasteiger partial charge in [-0.05, 0) is 47.7 Å². The molecule has 3 rings (SSSR count). The molecule has 1 aliphatic rings. The summed E-state index contributed by atoms with van der Waals surface area (Å²) in [5.41, 5.74) is 2.26. The van der Waals surface area contributed by atoms with Crippen molar-refractivity contribution in [3.05, 3.63) is 53.6 Å². The lowest BCUT2D eigenvalue weighted by Gasteiger charge is -2.20. The van der Waals surface area contributed by atoms with Crippen LogP contribution in [0.3, 0.4) is 0 Å². The number of fused-ring (bicyclic) bond motifs is 1. The van der Waals surface area contributed by atoms with Crippen LogP contribution in [0.5, 0.6) is 17.2 Å². The average Bonchev–Trinajstić information content (AvgIpc) is 2.68. The number of amides is 1. The van der Waals surface area contributed by atoms with Crippen LogP contribution in [-0.4, -0.2) is 32.8 Å². The fraction of sp³-hybridized carbons (Fsp3) is 0.381. The maximum atomic E-state index is 12.2. The first-order chi connectivity index (χ1) is 12.7. The molecular formula is C21H25NO4. The molecule has 2 aromatic carbocycles. The summed E-state index contributed by atoms with van der Waals surface area (Å²) in [7, 11) is 1.65. The summed E-state index contributed by atoms with van der Waals surface area (Å²) < 4.78 is 16.3. The fourth-order valence-electron chi connectivity index (χ4n) is 2.97. The summed E-state index contributed by atoms with van der Waals surface area (Å²) in [5, 5.41) is 3.00. The SMILES string of the molecule is COc1ccc(CCNC(=O)CC(C)c2ccc3c(c2)OCCO3)cc1. The number of hydrogen-bond acceptors (Lipinski definition) is 4. The molecule has 2 aromatic rings. The molecule has 1 atom stereocenters. The molecule has 0 aliphatic carbocycles. The van der Waals surface area contributed by atoms with E-state index in [1.54, 1.807) is 7.11 Å². The van der Waals surface area contributed by atoms with Crippen LogP contribution in [0.2, 0.25) is 0 Å². The van der Waals surface area contributed by atoms with Gasteiger partial charge in [-0.15, -0.1) is 0 Å². The average molecular weight is 355 g/mol. The minimum Gasteiger partial charge on any atom is -0.497 e. The molecule has 5 nitrogen and oxygen atoms in total. The Labute approximate surface area is 154 Å². The summed E-state index contributed by atoms with van der Waals surface area (Å²) in [6, 6.07) is 13.8. The van der Waals surface area contributed by atoms with E-state index in [1.807, 2.05) is 42.5 Å². The van der Waals surface area contributed by atoms with Gasteiger partial charge in [0.2, 0.25) is 5.91 Å². The molecule has 0 saturated carbocycles. The molecule has 1 aliphatic heterocycles. The van der Waals surface area contributed by atoms with Gasteiger partial charge in [0.05, 0.1) is 7.11 Å². The second kappa shape index (κ2) is 8.61. The molecule has 138 valence electrons. The number of hydrogen-bond donors (Lipinski definition) is 1. The molecule has 26 heavy (non-hydrogen) atoms. The van der Waals surface area contributed by atoms with E-state index in [1.165, 1.54) is 5.56 Å². The number of rotatable bonds is 7. The Kier molecular flexibility index (Phi) is 6.00. The maximum absolute atomic E-state index is 12.2. The van der Waals surface area contributed by atoms with Crippen molar-refractivity contribution in [1.29, 1.82) is 0 Å². The van der Waals surface area contributed by atoms with Crippen molar-refractivity contribution >= 4 is 5.91 Å². The molecule has 0 bridgehead atoms. The van der Waals surface area contributed by atoms with E-state index in [2.05, 4.69) is 12.2 Å². The first kappa shape index (κ1) is 18.1. The Balaban J connectivity index is 1.46. The van der Waals surface area contributed by atoms with Gasteiger partial charge in [-0.2, -0.15) is 0 Å². The van der Waals surface area contributed by atoms with Gasteiger partial charge in [0.25, 0.3) is 0 Å². The largest absolute Gasteiger partial charge is 0.497 e. The van der Waals surface area contributed by atoms with E-state index in [-0.39, 0.29) is 11.8 Å². The first-order valence-electron chi connectivity index (χ1n) is 8.95. The third-order valence-electron chi connectivity index (χ3n) is 4.52. The van der Waals surface area contributed by atoms with Gasteiger partial charge >= 0.3 is 0 Å². The Hall–Kier alpha value is -2.69. The van der Waals surface area contributed by atoms with E-state index in [0.29, 0.717) is 26.2 Å². The Morgan fingerprint density at radius 3 is 2.58 bits per heavy atom. The van der Waals surface area contributed by atoms with E-state index in [4.69, 9.17) is 14.2 Å². The van der Waals surface area contributed by atoms with Gasteiger partial charge in [-0.25, -0.2) is 0 Å². The van der Waals surface area contributed by atoms with Gasteiger partial charge in [0.1, 0.15) is 19.0 Å². The maximum Gasteiger partial charge on any atom is 0.220 e. The second-order valence-corrected chi connectivity index (χ2v) is 6.46. The molecule has 0 spiro atoms. The standard InChI is InChI=1S/C21H25NO4/c1-15(17-5-8-19-20(14-17)26-12-11-25-19)13-21(23)22-10-9-16-3-6-18(24-2)7-4-16/h3-8,14-15H,9-13H2,1-2H3,(H,22,23). The minimum absolute atomic E-state index is 0.0564. The van der Waals surface area contributed by atoms with Crippen LogP contribution in [0.1, 0.15) is 30.4 Å². The lowest BCUT2D eigenvalue weighted by Crippen LogP contribution is -2.26. The molecule has 0 fully saturated rings. The highest BCUT2D eigenvalue weighted by Crippen LogP contribution is 2.33. The summed E-state index contributed by atoms with van der Waals surface area (Å²) in [6.45, 7) is 3.82. The van der Waals surface area contributed by atoms with Crippen molar-refractivity contribution in [3.63, 3.8) is 0 Å². The van der Waals surface area contributed by atoms with Gasteiger partial charge in [-0.1, -0.05) is 25.1 Å². The van der Waals surface area contributed by atoms with Crippen LogP contribution >= 0.6 is 0 Å². The van der Waals surface area contributed by atoms with Gasteiger partial charge in [0.15, 0.2) is 11.5 Å². The predicted molar refractivity (Wildman–Crippen MR) is 100 cm³/mol. The van der Waals surface area contributed by atoms with Gasteiger partial charge < -0.3 is 19.5 Å². The number of nitrogens with one attached hydrogen (secondary N) is 1. The third-order valence-corrected chi connectivity index (χ3v) is 4.52. The molecule has 1 heterocycles. The lowest BCUT2D eigenvalue weighted by atomic mass is 9.97. The van der Waals surface area contributed by atoms with Crippen molar-refractivity contribution in [2.24, 2.45) is 0 Å². The lowest BCUT2D eigenvalue weighted by molar-refractivity contribution is -0.121. The molecule has 0 radical (unpaired) electrons. The Morgan fingerprint density at radius 2 is 1.85 bits per heavy atom. The normalized spacial score (nSPS) is 13.8. The van der Waals surface area contributed by atoms with Crippen LogP contribution in [0.15, 0.2) is 42.5 Å². The molecule has 1 amide bonds. The molecule has 5 heteroatoms. The minimum atomic E-state index is 0.0564. The predicted octanol–water partition coefficient (Wildman–Crippen LogP) is 3.32. The zero-order chi connectivity index (χ0) is 18.4. The summed E-state index contributed by atoms with van der Waals surface area (Å²) >= 11 is 0. The van der Waals surface area contributed by atoms with Crippen molar-refractivity contribution in [2.75, 3.05) is 26.9 Å². The topological polar surface area (TPSA) is 56.8 Å². The number of carbonyl (C=O) groups excluding carboxylic acids is 1. The van der Waals surface area contributed by atoms with Gasteiger partial charge in [-0.3, -0.25) is 4.79 Å². The number of methoxy groups -OCH3 is 1. The van der Waals surface area contributed by atoms with Crippen LogP contribution in [0.25, 0.3) is 0 Å². The molecular weight excluding hydrogens is 330 g/mol. The van der Waals surface area contributed by atoms with Crippen molar-refractivity contribution in [2.45, 2.75) is 25.7 Å².